The fraction of sp³-hybridized carbons (Fsp3) is 0.200. The molecule has 2 amide bonds. The van der Waals surface area contributed by atoms with Crippen LogP contribution in [0.3, 0.4) is 0 Å². The van der Waals surface area contributed by atoms with Crippen LogP contribution < -0.4 is 11.5 Å². The summed E-state index contributed by atoms with van der Waals surface area (Å²) in [6.07, 6.45) is 4.92. The first-order chi connectivity index (χ1) is 8.06. The second kappa shape index (κ2) is 4.10. The number of hydrogen-bond donors (Lipinski definition) is 2. The molecule has 0 fully saturated rings. The molecule has 0 saturated heterocycles. The highest BCUT2D eigenvalue weighted by Crippen LogP contribution is 2.36. The van der Waals surface area contributed by atoms with Crippen LogP contribution in [0.2, 0.25) is 0 Å². The maximum Gasteiger partial charge on any atom is 0.244 e. The smallest absolute Gasteiger partial charge is 0.244 e. The topological polar surface area (TPSA) is 112 Å². The zero-order chi connectivity index (χ0) is 12.5. The Morgan fingerprint density at radius 3 is 2.71 bits per heavy atom. The molecular weight excluding hydrogens is 240 g/mol. The number of carbonyl (C=O) groups is 2. The Balaban J connectivity index is 2.47. The molecule has 6 nitrogen and oxygen atoms in total. The van der Waals surface area contributed by atoms with E-state index in [2.05, 4.69) is 10.2 Å². The number of aromatic nitrogens is 2. The van der Waals surface area contributed by atoms with E-state index in [1.54, 1.807) is 18.2 Å². The zero-order valence-corrected chi connectivity index (χ0v) is 9.61. The maximum atomic E-state index is 11.7. The molecule has 1 atom stereocenters. The monoisotopic (exact) mass is 250 g/mol. The third kappa shape index (κ3) is 1.84. The van der Waals surface area contributed by atoms with Crippen LogP contribution in [-0.4, -0.2) is 22.0 Å². The van der Waals surface area contributed by atoms with Crippen molar-refractivity contribution >= 4 is 23.2 Å². The molecule has 0 bridgehead atoms. The van der Waals surface area contributed by atoms with E-state index in [0.717, 1.165) is 0 Å². The molecule has 7 heteroatoms. The summed E-state index contributed by atoms with van der Waals surface area (Å²) in [5.74, 6) is -1.14. The van der Waals surface area contributed by atoms with Crippen LogP contribution in [0.15, 0.2) is 29.3 Å². The number of allylic oxidation sites excluding steroid dienone is 2. The summed E-state index contributed by atoms with van der Waals surface area (Å²) in [6.45, 7) is 0. The Bertz CT molecular complexity index is 520. The van der Waals surface area contributed by atoms with Crippen LogP contribution in [0.1, 0.15) is 11.4 Å². The number of nitrogens with zero attached hydrogens (tertiary/aromatic N) is 2. The highest BCUT2D eigenvalue weighted by atomic mass is 32.1. The molecule has 1 aliphatic rings. The molecule has 0 aromatic carbocycles. The second-order valence-electron chi connectivity index (χ2n) is 3.67. The quantitative estimate of drug-likeness (QED) is 0.762. The lowest BCUT2D eigenvalue weighted by Crippen LogP contribution is -2.42. The fourth-order valence-electron chi connectivity index (χ4n) is 1.71. The van der Waals surface area contributed by atoms with Gasteiger partial charge >= 0.3 is 0 Å². The van der Waals surface area contributed by atoms with Crippen molar-refractivity contribution in [2.24, 2.45) is 11.5 Å². The summed E-state index contributed by atoms with van der Waals surface area (Å²) in [7, 11) is 0. The van der Waals surface area contributed by atoms with Gasteiger partial charge < -0.3 is 11.5 Å². The van der Waals surface area contributed by atoms with Crippen molar-refractivity contribution in [2.75, 3.05) is 0 Å². The molecule has 0 saturated carbocycles. The summed E-state index contributed by atoms with van der Waals surface area (Å²) in [5, 5.41) is 8.02. The van der Waals surface area contributed by atoms with E-state index in [1.165, 1.54) is 16.8 Å². The third-order valence-corrected chi connectivity index (χ3v) is 3.51. The van der Waals surface area contributed by atoms with Gasteiger partial charge in [0.1, 0.15) is 15.9 Å². The molecule has 1 unspecified atom stereocenters. The molecule has 1 aliphatic carbocycles. The first-order valence-electron chi connectivity index (χ1n) is 4.81. The molecule has 4 N–H and O–H groups in total. The summed E-state index contributed by atoms with van der Waals surface area (Å²) in [4.78, 5) is 22.8. The standard InChI is InChI=1S/C10H10N4O2S/c11-7(15)6-2-1-3-10(4-6,8(12)16)9-14-13-5-17-9/h1-3,5H,4H2,(H2,11,15)(H2,12,16). The molecule has 1 heterocycles. The largest absolute Gasteiger partial charge is 0.369 e. The molecule has 88 valence electrons. The third-order valence-electron chi connectivity index (χ3n) is 2.65. The van der Waals surface area contributed by atoms with Crippen molar-refractivity contribution in [2.45, 2.75) is 11.8 Å². The number of nitrogens with two attached hydrogens (primary N) is 2. The summed E-state index contributed by atoms with van der Waals surface area (Å²) < 4.78 is 0. The van der Waals surface area contributed by atoms with Gasteiger partial charge in [-0.05, 0) is 0 Å². The average Bonchev–Trinajstić information content (AvgIpc) is 2.82. The molecule has 1 aromatic rings. The van der Waals surface area contributed by atoms with E-state index in [0.29, 0.717) is 10.6 Å². The van der Waals surface area contributed by atoms with Gasteiger partial charge in [-0.15, -0.1) is 21.5 Å². The molecule has 2 rings (SSSR count). The average molecular weight is 250 g/mol. The van der Waals surface area contributed by atoms with E-state index in [-0.39, 0.29) is 6.42 Å². The Labute approximate surface area is 101 Å². The Hall–Kier alpha value is -2.02. The van der Waals surface area contributed by atoms with Crippen molar-refractivity contribution in [3.05, 3.63) is 34.3 Å². The van der Waals surface area contributed by atoms with Crippen LogP contribution >= 0.6 is 11.3 Å². The highest BCUT2D eigenvalue weighted by molar-refractivity contribution is 7.09. The number of primary amides is 2. The first kappa shape index (κ1) is 11.5. The number of hydrogen-bond acceptors (Lipinski definition) is 5. The molecule has 0 radical (unpaired) electrons. The van der Waals surface area contributed by atoms with Crippen molar-refractivity contribution in [3.8, 4) is 0 Å². The minimum absolute atomic E-state index is 0.128. The number of rotatable bonds is 3. The van der Waals surface area contributed by atoms with Gasteiger partial charge in [-0.1, -0.05) is 18.2 Å². The Morgan fingerprint density at radius 1 is 1.41 bits per heavy atom. The van der Waals surface area contributed by atoms with Crippen LogP contribution in [0.4, 0.5) is 0 Å². The predicted molar refractivity (Wildman–Crippen MR) is 61.8 cm³/mol. The van der Waals surface area contributed by atoms with Gasteiger partial charge in [-0.25, -0.2) is 0 Å². The normalized spacial score (nSPS) is 23.2. The van der Waals surface area contributed by atoms with Crippen molar-refractivity contribution < 1.29 is 9.59 Å². The Morgan fingerprint density at radius 2 is 2.18 bits per heavy atom. The maximum absolute atomic E-state index is 11.7. The second-order valence-corrected chi connectivity index (χ2v) is 4.50. The van der Waals surface area contributed by atoms with Crippen LogP contribution in [0.5, 0.6) is 0 Å². The zero-order valence-electron chi connectivity index (χ0n) is 8.79. The van der Waals surface area contributed by atoms with E-state index in [1.807, 2.05) is 0 Å². The van der Waals surface area contributed by atoms with Crippen molar-refractivity contribution in [1.82, 2.24) is 10.2 Å². The molecule has 17 heavy (non-hydrogen) atoms. The van der Waals surface area contributed by atoms with Gasteiger partial charge in [0, 0.05) is 12.0 Å². The summed E-state index contributed by atoms with van der Waals surface area (Å²) in [6, 6.07) is 0. The van der Waals surface area contributed by atoms with E-state index >= 15 is 0 Å². The van der Waals surface area contributed by atoms with E-state index < -0.39 is 17.2 Å². The lowest BCUT2D eigenvalue weighted by atomic mass is 9.78. The summed E-state index contributed by atoms with van der Waals surface area (Å²) in [5.41, 5.74) is 11.4. The lowest BCUT2D eigenvalue weighted by Gasteiger charge is -2.27. The van der Waals surface area contributed by atoms with Crippen molar-refractivity contribution in [1.29, 1.82) is 0 Å². The van der Waals surface area contributed by atoms with Gasteiger partial charge in [0.2, 0.25) is 11.8 Å². The lowest BCUT2D eigenvalue weighted by molar-refractivity contribution is -0.122. The van der Waals surface area contributed by atoms with Gasteiger partial charge in [0.05, 0.1) is 0 Å². The van der Waals surface area contributed by atoms with Gasteiger partial charge in [-0.2, -0.15) is 0 Å². The molecule has 0 aliphatic heterocycles. The van der Waals surface area contributed by atoms with Crippen LogP contribution in [0.25, 0.3) is 0 Å². The highest BCUT2D eigenvalue weighted by Gasteiger charge is 2.41. The van der Waals surface area contributed by atoms with E-state index in [9.17, 15) is 9.59 Å². The van der Waals surface area contributed by atoms with Crippen LogP contribution in [-0.2, 0) is 15.0 Å². The van der Waals surface area contributed by atoms with Crippen molar-refractivity contribution in [3.63, 3.8) is 0 Å². The van der Waals surface area contributed by atoms with Gasteiger partial charge in [-0.3, -0.25) is 9.59 Å². The number of amides is 2. The predicted octanol–water partition coefficient (Wildman–Crippen LogP) is -0.367. The molecule has 0 spiro atoms. The van der Waals surface area contributed by atoms with Gasteiger partial charge in [0.25, 0.3) is 0 Å². The Kier molecular flexibility index (Phi) is 2.76. The van der Waals surface area contributed by atoms with E-state index in [4.69, 9.17) is 11.5 Å². The van der Waals surface area contributed by atoms with Crippen LogP contribution in [0, 0.1) is 0 Å². The summed E-state index contributed by atoms with van der Waals surface area (Å²) >= 11 is 1.22. The SMILES string of the molecule is NC(=O)C1=CC=CC(C(N)=O)(c2nncs2)C1. The molecular formula is C10H10N4O2S. The minimum Gasteiger partial charge on any atom is -0.369 e. The minimum atomic E-state index is -1.11. The number of carbonyl (C=O) groups excluding carboxylic acids is 2. The fourth-order valence-corrected chi connectivity index (χ4v) is 2.44. The molecule has 1 aromatic heterocycles. The first-order valence-corrected chi connectivity index (χ1v) is 5.69. The van der Waals surface area contributed by atoms with Gasteiger partial charge in [0.15, 0.2) is 0 Å².